The highest BCUT2D eigenvalue weighted by Gasteiger charge is 2.18. The van der Waals surface area contributed by atoms with E-state index in [1.165, 1.54) is 10.9 Å². The van der Waals surface area contributed by atoms with Gasteiger partial charge in [-0.15, -0.1) is 0 Å². The summed E-state index contributed by atoms with van der Waals surface area (Å²) < 4.78 is 20.9. The van der Waals surface area contributed by atoms with Crippen molar-refractivity contribution in [3.63, 3.8) is 0 Å². The lowest BCUT2D eigenvalue weighted by atomic mass is 10.3. The molecule has 122 valence electrons. The molecule has 0 aliphatic carbocycles. The van der Waals surface area contributed by atoms with Gasteiger partial charge in [-0.3, -0.25) is 4.98 Å². The molecule has 24 heavy (non-hydrogen) atoms. The Morgan fingerprint density at radius 3 is 2.71 bits per heavy atom. The fourth-order valence-corrected chi connectivity index (χ4v) is 2.54. The lowest BCUT2D eigenvalue weighted by molar-refractivity contribution is 0.122. The first kappa shape index (κ1) is 14.7. The van der Waals surface area contributed by atoms with Gasteiger partial charge >= 0.3 is 0 Å². The number of hydrogen-bond acceptors (Lipinski definition) is 6. The normalized spacial score (nSPS) is 14.8. The van der Waals surface area contributed by atoms with Gasteiger partial charge in [-0.2, -0.15) is 10.1 Å². The topological polar surface area (TPSA) is 69.0 Å². The molecule has 1 aliphatic rings. The van der Waals surface area contributed by atoms with Crippen LogP contribution < -0.4 is 4.90 Å². The van der Waals surface area contributed by atoms with Crippen LogP contribution in [0, 0.1) is 5.82 Å². The predicted molar refractivity (Wildman–Crippen MR) is 85.4 cm³/mol. The van der Waals surface area contributed by atoms with Gasteiger partial charge in [0, 0.05) is 25.5 Å². The number of anilines is 1. The van der Waals surface area contributed by atoms with Gasteiger partial charge in [-0.25, -0.2) is 14.1 Å². The van der Waals surface area contributed by atoms with Crippen LogP contribution in [-0.2, 0) is 4.74 Å². The summed E-state index contributed by atoms with van der Waals surface area (Å²) in [7, 11) is 0. The smallest absolute Gasteiger partial charge is 0.252 e. The molecule has 0 unspecified atom stereocenters. The van der Waals surface area contributed by atoms with Crippen LogP contribution in [0.25, 0.3) is 17.3 Å². The molecule has 4 heterocycles. The molecule has 3 aromatic heterocycles. The van der Waals surface area contributed by atoms with Crippen LogP contribution in [0.15, 0.2) is 42.9 Å². The molecule has 1 saturated heterocycles. The van der Waals surface area contributed by atoms with E-state index in [0.29, 0.717) is 37.9 Å². The van der Waals surface area contributed by atoms with Crippen LogP contribution in [0.1, 0.15) is 0 Å². The van der Waals surface area contributed by atoms with Gasteiger partial charge in [0.2, 0.25) is 0 Å². The van der Waals surface area contributed by atoms with Crippen molar-refractivity contribution >= 4 is 5.82 Å². The monoisotopic (exact) mass is 326 g/mol. The average Bonchev–Trinajstić information content (AvgIpc) is 3.14. The van der Waals surface area contributed by atoms with Crippen molar-refractivity contribution in [3.8, 4) is 17.3 Å². The highest BCUT2D eigenvalue weighted by molar-refractivity contribution is 5.53. The summed E-state index contributed by atoms with van der Waals surface area (Å²) >= 11 is 0. The molecule has 1 aliphatic heterocycles. The van der Waals surface area contributed by atoms with E-state index in [2.05, 4.69) is 20.1 Å². The van der Waals surface area contributed by atoms with Gasteiger partial charge in [-0.05, 0) is 18.2 Å². The molecule has 4 rings (SSSR count). The summed E-state index contributed by atoms with van der Waals surface area (Å²) in [4.78, 5) is 14.5. The number of aromatic nitrogens is 5. The molecule has 0 amide bonds. The predicted octanol–water partition coefficient (Wildman–Crippen LogP) is 1.70. The van der Waals surface area contributed by atoms with Gasteiger partial charge in [0.25, 0.3) is 5.95 Å². The number of hydrogen-bond donors (Lipinski definition) is 0. The fraction of sp³-hybridized carbons (Fsp3) is 0.250. The van der Waals surface area contributed by atoms with E-state index in [9.17, 15) is 4.39 Å². The number of nitrogens with zero attached hydrogens (tertiary/aromatic N) is 6. The highest BCUT2D eigenvalue weighted by Crippen LogP contribution is 2.19. The first-order valence-electron chi connectivity index (χ1n) is 7.64. The average molecular weight is 326 g/mol. The lowest BCUT2D eigenvalue weighted by Gasteiger charge is -2.27. The van der Waals surface area contributed by atoms with Crippen molar-refractivity contribution in [1.82, 2.24) is 24.7 Å². The summed E-state index contributed by atoms with van der Waals surface area (Å²) in [6, 6.07) is 7.44. The molecule has 7 nitrogen and oxygen atoms in total. The molecule has 8 heteroatoms. The number of halogens is 1. The minimum atomic E-state index is -0.447. The summed E-state index contributed by atoms with van der Waals surface area (Å²) in [5.41, 5.74) is 1.46. The molecule has 3 aromatic rings. The number of pyridine rings is 1. The summed E-state index contributed by atoms with van der Waals surface area (Å²) in [5.74, 6) is 0.149. The minimum Gasteiger partial charge on any atom is -0.378 e. The standard InChI is InChI=1S/C16H15FN6O/c17-12-11-19-16(20-15(12)22-7-9-24-10-8-22)23-6-4-14(21-23)13-3-1-2-5-18-13/h1-6,11H,7-10H2. The molecular weight excluding hydrogens is 311 g/mol. The van der Waals surface area contributed by atoms with E-state index in [0.717, 1.165) is 5.69 Å². The zero-order valence-electron chi connectivity index (χ0n) is 12.8. The molecule has 0 radical (unpaired) electrons. The van der Waals surface area contributed by atoms with Crippen molar-refractivity contribution in [3.05, 3.63) is 48.7 Å². The van der Waals surface area contributed by atoms with Gasteiger partial charge in [0.15, 0.2) is 11.6 Å². The highest BCUT2D eigenvalue weighted by atomic mass is 19.1. The zero-order chi connectivity index (χ0) is 16.4. The maximum absolute atomic E-state index is 14.1. The quantitative estimate of drug-likeness (QED) is 0.730. The molecule has 1 fully saturated rings. The summed E-state index contributed by atoms with van der Waals surface area (Å²) in [5, 5.41) is 4.43. The third-order valence-electron chi connectivity index (χ3n) is 3.74. The minimum absolute atomic E-state index is 0.276. The first-order valence-corrected chi connectivity index (χ1v) is 7.64. The van der Waals surface area contributed by atoms with Gasteiger partial charge < -0.3 is 9.64 Å². The molecular formula is C16H15FN6O. The number of ether oxygens (including phenoxy) is 1. The fourth-order valence-electron chi connectivity index (χ4n) is 2.54. The van der Waals surface area contributed by atoms with Gasteiger partial charge in [0.05, 0.1) is 25.1 Å². The second kappa shape index (κ2) is 6.32. The van der Waals surface area contributed by atoms with Crippen LogP contribution in [0.2, 0.25) is 0 Å². The maximum Gasteiger partial charge on any atom is 0.252 e. The van der Waals surface area contributed by atoms with Crippen molar-refractivity contribution < 1.29 is 9.13 Å². The molecule has 0 N–H and O–H groups in total. The summed E-state index contributed by atoms with van der Waals surface area (Å²) in [6.07, 6.45) is 4.62. The third kappa shape index (κ3) is 2.83. The molecule has 0 aromatic carbocycles. The Balaban J connectivity index is 1.66. The largest absolute Gasteiger partial charge is 0.378 e. The Morgan fingerprint density at radius 2 is 1.92 bits per heavy atom. The van der Waals surface area contributed by atoms with Crippen LogP contribution in [0.4, 0.5) is 10.2 Å². The Kier molecular flexibility index (Phi) is 3.87. The van der Waals surface area contributed by atoms with Crippen LogP contribution >= 0.6 is 0 Å². The zero-order valence-corrected chi connectivity index (χ0v) is 12.8. The lowest BCUT2D eigenvalue weighted by Crippen LogP contribution is -2.37. The molecule has 0 saturated carbocycles. The van der Waals surface area contributed by atoms with E-state index < -0.39 is 5.82 Å². The SMILES string of the molecule is Fc1cnc(-n2ccc(-c3ccccn3)n2)nc1N1CCOCC1. The van der Waals surface area contributed by atoms with Crippen molar-refractivity contribution in [2.45, 2.75) is 0 Å². The number of morpholine rings is 1. The second-order valence-electron chi connectivity index (χ2n) is 5.30. The van der Waals surface area contributed by atoms with Crippen molar-refractivity contribution in [2.75, 3.05) is 31.2 Å². The van der Waals surface area contributed by atoms with Crippen LogP contribution in [-0.4, -0.2) is 51.0 Å². The van der Waals surface area contributed by atoms with Gasteiger partial charge in [-0.1, -0.05) is 6.07 Å². The van der Waals surface area contributed by atoms with Gasteiger partial charge in [0.1, 0.15) is 5.69 Å². The molecule has 0 bridgehead atoms. The van der Waals surface area contributed by atoms with E-state index in [4.69, 9.17) is 4.74 Å². The van der Waals surface area contributed by atoms with E-state index in [1.807, 2.05) is 29.2 Å². The van der Waals surface area contributed by atoms with E-state index >= 15 is 0 Å². The maximum atomic E-state index is 14.1. The first-order chi connectivity index (χ1) is 11.8. The van der Waals surface area contributed by atoms with E-state index in [1.54, 1.807) is 12.4 Å². The Bertz CT molecular complexity index is 832. The Morgan fingerprint density at radius 1 is 1.04 bits per heavy atom. The van der Waals surface area contributed by atoms with E-state index in [-0.39, 0.29) is 5.82 Å². The third-order valence-corrected chi connectivity index (χ3v) is 3.74. The van der Waals surface area contributed by atoms with Crippen LogP contribution in [0.5, 0.6) is 0 Å². The number of rotatable bonds is 3. The Hall–Kier alpha value is -2.87. The Labute approximate surface area is 137 Å². The van der Waals surface area contributed by atoms with Crippen LogP contribution in [0.3, 0.4) is 0 Å². The summed E-state index contributed by atoms with van der Waals surface area (Å²) in [6.45, 7) is 2.33. The molecule has 0 spiro atoms. The van der Waals surface area contributed by atoms with Crippen molar-refractivity contribution in [1.29, 1.82) is 0 Å². The molecule has 0 atom stereocenters. The second-order valence-corrected chi connectivity index (χ2v) is 5.30. The van der Waals surface area contributed by atoms with Crippen molar-refractivity contribution in [2.24, 2.45) is 0 Å².